The fraction of sp³-hybridized carbons (Fsp3) is 0.500. The predicted molar refractivity (Wildman–Crippen MR) is 54.1 cm³/mol. The van der Waals surface area contributed by atoms with Gasteiger partial charge >= 0.3 is 0 Å². The number of pyridine rings is 1. The van der Waals surface area contributed by atoms with Gasteiger partial charge in [-0.3, -0.25) is 0 Å². The lowest BCUT2D eigenvalue weighted by Crippen LogP contribution is -2.07. The third-order valence-electron chi connectivity index (χ3n) is 1.63. The summed E-state index contributed by atoms with van der Waals surface area (Å²) in [6, 6.07) is 1.55. The van der Waals surface area contributed by atoms with Crippen LogP contribution in [0.2, 0.25) is 0 Å². The smallest absolute Gasteiger partial charge is 0.250 e. The molecule has 78 valence electrons. The van der Waals surface area contributed by atoms with Gasteiger partial charge in [0.15, 0.2) is 5.82 Å². The molecule has 0 bridgehead atoms. The molecule has 1 aromatic rings. The van der Waals surface area contributed by atoms with Gasteiger partial charge < -0.3 is 4.74 Å². The van der Waals surface area contributed by atoms with Crippen molar-refractivity contribution in [2.45, 2.75) is 19.7 Å². The normalized spacial score (nSPS) is 10.6. The second-order valence-corrected chi connectivity index (χ2v) is 3.69. The van der Waals surface area contributed by atoms with Crippen molar-refractivity contribution in [3.05, 3.63) is 23.6 Å². The first-order valence-electron chi connectivity index (χ1n) is 4.47. The lowest BCUT2D eigenvalue weighted by Gasteiger charge is -2.09. The van der Waals surface area contributed by atoms with Crippen molar-refractivity contribution >= 4 is 11.6 Å². The standard InChI is InChI=1S/C10H13ClFNO/c1-7(2)6-14-10-9(12)8(5-11)3-4-13-10/h3-4,7H,5-6H2,1-2H3. The zero-order chi connectivity index (χ0) is 10.6. The van der Waals surface area contributed by atoms with E-state index in [9.17, 15) is 4.39 Å². The van der Waals surface area contributed by atoms with Gasteiger partial charge in [0, 0.05) is 11.8 Å². The average Bonchev–Trinajstić information content (AvgIpc) is 2.16. The minimum absolute atomic E-state index is 0.0388. The van der Waals surface area contributed by atoms with Crippen LogP contribution in [0, 0.1) is 11.7 Å². The van der Waals surface area contributed by atoms with Crippen LogP contribution in [-0.4, -0.2) is 11.6 Å². The Labute approximate surface area is 88.1 Å². The largest absolute Gasteiger partial charge is 0.475 e. The van der Waals surface area contributed by atoms with E-state index in [0.29, 0.717) is 18.1 Å². The summed E-state index contributed by atoms with van der Waals surface area (Å²) in [6.45, 7) is 4.43. The molecule has 0 aliphatic rings. The molecule has 0 unspecified atom stereocenters. The number of alkyl halides is 1. The number of hydrogen-bond donors (Lipinski definition) is 0. The molecule has 0 N–H and O–H groups in total. The van der Waals surface area contributed by atoms with Crippen LogP contribution >= 0.6 is 11.6 Å². The molecular weight excluding hydrogens is 205 g/mol. The van der Waals surface area contributed by atoms with Gasteiger partial charge in [-0.15, -0.1) is 11.6 Å². The summed E-state index contributed by atoms with van der Waals surface area (Å²) in [5.41, 5.74) is 0.417. The Hall–Kier alpha value is -0.830. The summed E-state index contributed by atoms with van der Waals surface area (Å²) >= 11 is 5.54. The second kappa shape index (κ2) is 5.15. The first-order valence-corrected chi connectivity index (χ1v) is 5.00. The minimum atomic E-state index is -0.455. The molecule has 0 atom stereocenters. The zero-order valence-electron chi connectivity index (χ0n) is 8.26. The number of aromatic nitrogens is 1. The van der Waals surface area contributed by atoms with E-state index in [1.807, 2.05) is 13.8 Å². The predicted octanol–water partition coefficient (Wildman–Crippen LogP) is 2.99. The Kier molecular flexibility index (Phi) is 4.14. The maximum atomic E-state index is 13.5. The molecule has 0 spiro atoms. The highest BCUT2D eigenvalue weighted by Crippen LogP contribution is 2.19. The zero-order valence-corrected chi connectivity index (χ0v) is 9.01. The summed E-state index contributed by atoms with van der Waals surface area (Å²) in [5, 5.41) is 0. The van der Waals surface area contributed by atoms with Gasteiger partial charge in [-0.05, 0) is 12.0 Å². The number of ether oxygens (including phenoxy) is 1. The molecule has 1 rings (SSSR count). The van der Waals surface area contributed by atoms with E-state index >= 15 is 0 Å². The van der Waals surface area contributed by atoms with Crippen molar-refractivity contribution in [2.75, 3.05) is 6.61 Å². The average molecular weight is 218 g/mol. The molecule has 1 aromatic heterocycles. The van der Waals surface area contributed by atoms with Gasteiger partial charge in [0.2, 0.25) is 0 Å². The molecule has 0 aromatic carbocycles. The van der Waals surface area contributed by atoms with Crippen molar-refractivity contribution < 1.29 is 9.13 Å². The summed E-state index contributed by atoms with van der Waals surface area (Å²) in [4.78, 5) is 3.80. The fourth-order valence-corrected chi connectivity index (χ4v) is 1.12. The highest BCUT2D eigenvalue weighted by Gasteiger charge is 2.10. The van der Waals surface area contributed by atoms with E-state index < -0.39 is 5.82 Å². The van der Waals surface area contributed by atoms with Crippen LogP contribution in [0.25, 0.3) is 0 Å². The molecule has 0 aliphatic carbocycles. The summed E-state index contributed by atoms with van der Waals surface area (Å²) in [7, 11) is 0. The minimum Gasteiger partial charge on any atom is -0.475 e. The Bertz CT molecular complexity index is 304. The second-order valence-electron chi connectivity index (χ2n) is 3.43. The number of rotatable bonds is 4. The Balaban J connectivity index is 2.76. The van der Waals surface area contributed by atoms with Gasteiger partial charge in [-0.25, -0.2) is 9.37 Å². The van der Waals surface area contributed by atoms with Crippen LogP contribution in [-0.2, 0) is 5.88 Å². The highest BCUT2D eigenvalue weighted by atomic mass is 35.5. The first kappa shape index (κ1) is 11.2. The van der Waals surface area contributed by atoms with E-state index in [0.717, 1.165) is 0 Å². The maximum absolute atomic E-state index is 13.5. The summed E-state index contributed by atoms with van der Waals surface area (Å²) < 4.78 is 18.6. The maximum Gasteiger partial charge on any atom is 0.250 e. The van der Waals surface area contributed by atoms with Gasteiger partial charge in [-0.1, -0.05) is 13.8 Å². The molecule has 14 heavy (non-hydrogen) atoms. The van der Waals surface area contributed by atoms with Crippen LogP contribution in [0.5, 0.6) is 5.88 Å². The topological polar surface area (TPSA) is 22.1 Å². The molecule has 0 radical (unpaired) electrons. The molecule has 4 heteroatoms. The molecule has 0 saturated heterocycles. The van der Waals surface area contributed by atoms with Crippen molar-refractivity contribution in [3.63, 3.8) is 0 Å². The van der Waals surface area contributed by atoms with Crippen LogP contribution in [0.4, 0.5) is 4.39 Å². The monoisotopic (exact) mass is 217 g/mol. The Morgan fingerprint density at radius 2 is 2.29 bits per heavy atom. The van der Waals surface area contributed by atoms with E-state index in [2.05, 4.69) is 4.98 Å². The van der Waals surface area contributed by atoms with Crippen molar-refractivity contribution in [1.29, 1.82) is 0 Å². The number of halogens is 2. The lowest BCUT2D eigenvalue weighted by molar-refractivity contribution is 0.248. The van der Waals surface area contributed by atoms with Crippen molar-refractivity contribution in [1.82, 2.24) is 4.98 Å². The number of hydrogen-bond acceptors (Lipinski definition) is 2. The number of nitrogens with zero attached hydrogens (tertiary/aromatic N) is 1. The van der Waals surface area contributed by atoms with Crippen LogP contribution in [0.1, 0.15) is 19.4 Å². The fourth-order valence-electron chi connectivity index (χ4n) is 0.912. The Morgan fingerprint density at radius 3 is 2.86 bits per heavy atom. The Morgan fingerprint density at radius 1 is 1.57 bits per heavy atom. The summed E-state index contributed by atoms with van der Waals surface area (Å²) in [5.74, 6) is 0.0581. The van der Waals surface area contributed by atoms with E-state index in [4.69, 9.17) is 16.3 Å². The molecule has 2 nitrogen and oxygen atoms in total. The molecular formula is C10H13ClFNO. The van der Waals surface area contributed by atoms with Gasteiger partial charge in [0.05, 0.1) is 12.5 Å². The van der Waals surface area contributed by atoms with Crippen molar-refractivity contribution in [2.24, 2.45) is 5.92 Å². The molecule has 0 amide bonds. The highest BCUT2D eigenvalue weighted by molar-refractivity contribution is 6.17. The lowest BCUT2D eigenvalue weighted by atomic mass is 10.2. The third kappa shape index (κ3) is 2.84. The molecule has 0 fully saturated rings. The van der Waals surface area contributed by atoms with Crippen molar-refractivity contribution in [3.8, 4) is 5.88 Å². The van der Waals surface area contributed by atoms with Crippen LogP contribution < -0.4 is 4.74 Å². The van der Waals surface area contributed by atoms with E-state index in [1.165, 1.54) is 6.20 Å². The molecule has 1 heterocycles. The van der Waals surface area contributed by atoms with Gasteiger partial charge in [0.1, 0.15) is 0 Å². The quantitative estimate of drug-likeness (QED) is 0.724. The van der Waals surface area contributed by atoms with Gasteiger partial charge in [0.25, 0.3) is 5.88 Å². The van der Waals surface area contributed by atoms with Gasteiger partial charge in [-0.2, -0.15) is 0 Å². The SMILES string of the molecule is CC(C)COc1nccc(CCl)c1F. The van der Waals surface area contributed by atoms with E-state index in [1.54, 1.807) is 6.07 Å². The molecule has 0 saturated carbocycles. The van der Waals surface area contributed by atoms with E-state index in [-0.39, 0.29) is 11.8 Å². The first-order chi connectivity index (χ1) is 6.65. The van der Waals surface area contributed by atoms with Crippen LogP contribution in [0.3, 0.4) is 0 Å². The molecule has 0 aliphatic heterocycles. The third-order valence-corrected chi connectivity index (χ3v) is 1.92. The summed E-state index contributed by atoms with van der Waals surface area (Å²) in [6.07, 6.45) is 1.50. The van der Waals surface area contributed by atoms with Crippen LogP contribution in [0.15, 0.2) is 12.3 Å².